The molecule has 2 aromatic carbocycles. The van der Waals surface area contributed by atoms with Gasteiger partial charge in [-0.25, -0.2) is 8.78 Å². The summed E-state index contributed by atoms with van der Waals surface area (Å²) in [4.78, 5) is 14.2. The zero-order chi connectivity index (χ0) is 30.6. The number of benzene rings is 2. The average molecular weight is 627 g/mol. The zero-order valence-electron chi connectivity index (χ0n) is 23.9. The quantitative estimate of drug-likeness (QED) is 0.185. The third-order valence-electron chi connectivity index (χ3n) is 9.13. The summed E-state index contributed by atoms with van der Waals surface area (Å²) in [6.45, 7) is 6.47. The number of carbonyl (C=O) groups excluding carboxylic acids is 1. The smallest absolute Gasteiger partial charge is 0.237 e. The number of anilines is 1. The molecule has 2 heterocycles. The van der Waals surface area contributed by atoms with Crippen molar-refractivity contribution in [3.05, 3.63) is 63.1 Å². The van der Waals surface area contributed by atoms with E-state index in [4.69, 9.17) is 23.2 Å². The number of aliphatic hydroxyl groups is 3. The van der Waals surface area contributed by atoms with E-state index < -0.39 is 59.4 Å². The Kier molecular flexibility index (Phi) is 8.96. The molecule has 2 fully saturated rings. The highest BCUT2D eigenvalue weighted by molar-refractivity contribution is 6.31. The van der Waals surface area contributed by atoms with Crippen LogP contribution in [0.25, 0.3) is 0 Å². The second-order valence-corrected chi connectivity index (χ2v) is 14.1. The van der Waals surface area contributed by atoms with Gasteiger partial charge < -0.3 is 26.0 Å². The fourth-order valence-electron chi connectivity index (χ4n) is 7.36. The van der Waals surface area contributed by atoms with E-state index in [0.717, 1.165) is 6.42 Å². The van der Waals surface area contributed by atoms with Crippen molar-refractivity contribution < 1.29 is 28.9 Å². The number of fused-ring (bicyclic) bond motifs is 2. The lowest BCUT2D eigenvalue weighted by atomic mass is 9.62. The molecule has 2 aromatic rings. The summed E-state index contributed by atoms with van der Waals surface area (Å²) >= 11 is 12.3. The first-order valence-corrected chi connectivity index (χ1v) is 15.3. The van der Waals surface area contributed by atoms with Crippen molar-refractivity contribution in [1.29, 1.82) is 0 Å². The molecular formula is C31H39Cl2F2N3O4. The molecular weight excluding hydrogens is 587 g/mol. The van der Waals surface area contributed by atoms with Crippen LogP contribution in [0, 0.1) is 23.0 Å². The molecule has 5 rings (SSSR count). The molecule has 6 N–H and O–H groups in total. The summed E-state index contributed by atoms with van der Waals surface area (Å²) in [6.07, 6.45) is 0.341. The van der Waals surface area contributed by atoms with E-state index in [0.29, 0.717) is 43.5 Å². The van der Waals surface area contributed by atoms with E-state index in [9.17, 15) is 20.1 Å². The van der Waals surface area contributed by atoms with Gasteiger partial charge in [0.15, 0.2) is 0 Å². The Hall–Kier alpha value is -1.85. The number of carbonyl (C=O) groups is 1. The molecule has 1 aliphatic carbocycles. The molecule has 0 radical (unpaired) electrons. The number of amides is 1. The molecule has 1 amide bonds. The predicted molar refractivity (Wildman–Crippen MR) is 159 cm³/mol. The standard InChI is InChI=1S/C31H39Cl2F2N3O4/c1-30(2,3)14-24-31(17-12-20(34)19(33)13-21(17)37-29(31)42)25(16-7-4-8-18(32)26(16)35)27(38-24)28(41)36-9-5-6-15-10-22(39)23(40)11-15/h4,7-8,12-13,15,22-25,27-28,36,38-41H,5-6,9-11,14H2,1-3H3,(H,37,42)/t15?,22-,23+,24-,25+,27-,28?,31+/m1/s1. The molecule has 1 saturated carbocycles. The Morgan fingerprint density at radius 2 is 1.81 bits per heavy atom. The highest BCUT2D eigenvalue weighted by Crippen LogP contribution is 2.57. The molecule has 7 nitrogen and oxygen atoms in total. The largest absolute Gasteiger partial charge is 0.390 e. The van der Waals surface area contributed by atoms with Gasteiger partial charge in [-0.1, -0.05) is 56.1 Å². The third kappa shape index (κ3) is 5.70. The molecule has 230 valence electrons. The molecule has 1 saturated heterocycles. The SMILES string of the molecule is CC(C)(C)C[C@H]1N[C@@H](C(O)NCCCC2C[C@@H](O)[C@@H](O)C2)[C@H](c2cccc(Cl)c2F)[C@@]12C(=O)Nc1cc(Cl)c(F)cc12. The first-order chi connectivity index (χ1) is 19.7. The Balaban J connectivity index is 1.53. The van der Waals surface area contributed by atoms with Crippen molar-refractivity contribution in [2.24, 2.45) is 11.3 Å². The summed E-state index contributed by atoms with van der Waals surface area (Å²) in [5.41, 5.74) is -0.926. The molecule has 3 aliphatic rings. The van der Waals surface area contributed by atoms with Gasteiger partial charge in [0.25, 0.3) is 0 Å². The summed E-state index contributed by atoms with van der Waals surface area (Å²) < 4.78 is 30.9. The Bertz CT molecular complexity index is 1330. The molecule has 2 unspecified atom stereocenters. The Morgan fingerprint density at radius 3 is 2.48 bits per heavy atom. The zero-order valence-corrected chi connectivity index (χ0v) is 25.4. The van der Waals surface area contributed by atoms with Crippen LogP contribution in [0.4, 0.5) is 14.5 Å². The van der Waals surface area contributed by atoms with E-state index in [1.54, 1.807) is 12.1 Å². The van der Waals surface area contributed by atoms with Gasteiger partial charge in [-0.2, -0.15) is 0 Å². The van der Waals surface area contributed by atoms with Crippen molar-refractivity contribution in [2.75, 3.05) is 11.9 Å². The highest BCUT2D eigenvalue weighted by Gasteiger charge is 2.66. The average Bonchev–Trinajstić information content (AvgIpc) is 3.50. The van der Waals surface area contributed by atoms with E-state index in [1.165, 1.54) is 18.2 Å². The van der Waals surface area contributed by atoms with Gasteiger partial charge in [0.05, 0.1) is 28.3 Å². The normalized spacial score (nSPS) is 31.5. The first-order valence-electron chi connectivity index (χ1n) is 14.5. The fourth-order valence-corrected chi connectivity index (χ4v) is 7.70. The highest BCUT2D eigenvalue weighted by atomic mass is 35.5. The van der Waals surface area contributed by atoms with Crippen LogP contribution in [0.1, 0.15) is 69.9 Å². The second kappa shape index (κ2) is 11.9. The minimum absolute atomic E-state index is 0.120. The van der Waals surface area contributed by atoms with Crippen LogP contribution in [-0.2, 0) is 10.2 Å². The maximum atomic E-state index is 15.9. The van der Waals surface area contributed by atoms with Gasteiger partial charge >= 0.3 is 0 Å². The minimum atomic E-state index is -1.48. The van der Waals surface area contributed by atoms with Gasteiger partial charge in [0, 0.05) is 17.6 Å². The van der Waals surface area contributed by atoms with Gasteiger partial charge in [-0.15, -0.1) is 0 Å². The number of nitrogens with one attached hydrogen (secondary N) is 3. The van der Waals surface area contributed by atoms with E-state index in [2.05, 4.69) is 16.0 Å². The monoisotopic (exact) mass is 625 g/mol. The number of hydrogen-bond acceptors (Lipinski definition) is 6. The molecule has 8 atom stereocenters. The lowest BCUT2D eigenvalue weighted by Crippen LogP contribution is -2.50. The Morgan fingerprint density at radius 1 is 1.12 bits per heavy atom. The topological polar surface area (TPSA) is 114 Å². The van der Waals surface area contributed by atoms with Gasteiger partial charge in [0.2, 0.25) is 5.91 Å². The molecule has 1 spiro atoms. The number of aliphatic hydroxyl groups excluding tert-OH is 3. The van der Waals surface area contributed by atoms with Crippen molar-refractivity contribution >= 4 is 34.8 Å². The first kappa shape index (κ1) is 31.6. The van der Waals surface area contributed by atoms with Gasteiger partial charge in [0.1, 0.15) is 23.3 Å². The summed E-state index contributed by atoms with van der Waals surface area (Å²) in [7, 11) is 0. The van der Waals surface area contributed by atoms with Gasteiger partial charge in [-0.05, 0) is 79.3 Å². The lowest BCUT2D eigenvalue weighted by Gasteiger charge is -2.38. The third-order valence-corrected chi connectivity index (χ3v) is 9.71. The van der Waals surface area contributed by atoms with Crippen LogP contribution in [-0.4, -0.2) is 58.3 Å². The summed E-state index contributed by atoms with van der Waals surface area (Å²) in [5.74, 6) is -2.61. The van der Waals surface area contributed by atoms with E-state index in [-0.39, 0.29) is 26.9 Å². The van der Waals surface area contributed by atoms with Gasteiger partial charge in [-0.3, -0.25) is 10.1 Å². The maximum Gasteiger partial charge on any atom is 0.237 e. The fraction of sp³-hybridized carbons (Fsp3) is 0.581. The van der Waals surface area contributed by atoms with Crippen LogP contribution in [0.15, 0.2) is 30.3 Å². The number of halogens is 4. The van der Waals surface area contributed by atoms with Crippen molar-refractivity contribution in [3.63, 3.8) is 0 Å². The summed E-state index contributed by atoms with van der Waals surface area (Å²) in [5, 5.41) is 40.5. The van der Waals surface area contributed by atoms with Crippen LogP contribution in [0.3, 0.4) is 0 Å². The van der Waals surface area contributed by atoms with E-state index >= 15 is 8.78 Å². The van der Waals surface area contributed by atoms with Crippen LogP contribution in [0.5, 0.6) is 0 Å². The molecule has 2 aliphatic heterocycles. The van der Waals surface area contributed by atoms with Crippen molar-refractivity contribution in [3.8, 4) is 0 Å². The molecule has 0 aromatic heterocycles. The molecule has 11 heteroatoms. The van der Waals surface area contributed by atoms with Crippen LogP contribution >= 0.6 is 23.2 Å². The maximum absolute atomic E-state index is 15.9. The number of rotatable bonds is 8. The molecule has 42 heavy (non-hydrogen) atoms. The molecule has 0 bridgehead atoms. The minimum Gasteiger partial charge on any atom is -0.390 e. The number of hydrogen-bond donors (Lipinski definition) is 6. The van der Waals surface area contributed by atoms with Crippen molar-refractivity contribution in [2.45, 2.75) is 94.7 Å². The second-order valence-electron chi connectivity index (χ2n) is 13.3. The van der Waals surface area contributed by atoms with Crippen molar-refractivity contribution in [1.82, 2.24) is 10.6 Å². The van der Waals surface area contributed by atoms with Crippen LogP contribution in [0.2, 0.25) is 10.0 Å². The Labute approximate surface area is 255 Å². The van der Waals surface area contributed by atoms with E-state index in [1.807, 2.05) is 20.8 Å². The van der Waals surface area contributed by atoms with Crippen LogP contribution < -0.4 is 16.0 Å². The lowest BCUT2D eigenvalue weighted by molar-refractivity contribution is -0.122. The predicted octanol–water partition coefficient (Wildman–Crippen LogP) is 4.84. The summed E-state index contributed by atoms with van der Waals surface area (Å²) in [6, 6.07) is 5.74.